The van der Waals surface area contributed by atoms with Crippen LogP contribution in [0.2, 0.25) is 0 Å². The second kappa shape index (κ2) is 7.21. The van der Waals surface area contributed by atoms with Crippen LogP contribution in [0.4, 0.5) is 11.6 Å². The van der Waals surface area contributed by atoms with Gasteiger partial charge in [0.1, 0.15) is 29.4 Å². The molecule has 6 nitrogen and oxygen atoms in total. The highest BCUT2D eigenvalue weighted by Gasteiger charge is 2.09. The van der Waals surface area contributed by atoms with Gasteiger partial charge < -0.3 is 20.9 Å². The zero-order valence-electron chi connectivity index (χ0n) is 14.5. The van der Waals surface area contributed by atoms with Crippen molar-refractivity contribution in [3.63, 3.8) is 0 Å². The summed E-state index contributed by atoms with van der Waals surface area (Å²) in [6, 6.07) is 21.0. The molecule has 6 heteroatoms. The van der Waals surface area contributed by atoms with Crippen LogP contribution in [0.3, 0.4) is 0 Å². The van der Waals surface area contributed by atoms with E-state index in [9.17, 15) is 0 Å². The van der Waals surface area contributed by atoms with E-state index in [1.807, 2.05) is 54.6 Å². The number of hydrogen-bond donors (Lipinski definition) is 2. The van der Waals surface area contributed by atoms with Crippen molar-refractivity contribution < 1.29 is 9.47 Å². The minimum Gasteiger partial charge on any atom is -0.489 e. The first-order valence-electron chi connectivity index (χ1n) is 8.44. The molecule has 0 aliphatic heterocycles. The van der Waals surface area contributed by atoms with E-state index in [2.05, 4.69) is 9.97 Å². The first-order valence-corrected chi connectivity index (χ1v) is 8.44. The van der Waals surface area contributed by atoms with Crippen LogP contribution in [0, 0.1) is 0 Å². The predicted octanol–water partition coefficient (Wildman–Crippen LogP) is 4.17. The Labute approximate surface area is 156 Å². The first kappa shape index (κ1) is 16.7. The molecule has 0 atom stereocenters. The maximum atomic E-state index is 5.97. The lowest BCUT2D eigenvalue weighted by molar-refractivity contribution is 0.306. The van der Waals surface area contributed by atoms with Crippen molar-refractivity contribution in [3.8, 4) is 17.2 Å². The molecule has 0 spiro atoms. The third-order valence-electron chi connectivity index (χ3n) is 4.06. The predicted molar refractivity (Wildman–Crippen MR) is 106 cm³/mol. The average molecular weight is 358 g/mol. The van der Waals surface area contributed by atoms with Crippen molar-refractivity contribution in [2.75, 3.05) is 11.5 Å². The number of hydrogen-bond acceptors (Lipinski definition) is 6. The van der Waals surface area contributed by atoms with Crippen molar-refractivity contribution in [1.29, 1.82) is 0 Å². The average Bonchev–Trinajstić information content (AvgIpc) is 2.70. The molecule has 0 radical (unpaired) electrons. The van der Waals surface area contributed by atoms with E-state index in [-0.39, 0.29) is 5.95 Å². The number of fused-ring (bicyclic) bond motifs is 1. The van der Waals surface area contributed by atoms with Crippen LogP contribution in [0.25, 0.3) is 10.9 Å². The van der Waals surface area contributed by atoms with Crippen LogP contribution in [0.1, 0.15) is 5.56 Å². The number of nitrogens with two attached hydrogens (primary N) is 2. The second-order valence-electron chi connectivity index (χ2n) is 5.99. The number of anilines is 2. The molecule has 4 N–H and O–H groups in total. The summed E-state index contributed by atoms with van der Waals surface area (Å²) in [6.07, 6.45) is 1.61. The molecule has 0 aliphatic rings. The van der Waals surface area contributed by atoms with Gasteiger partial charge in [0.15, 0.2) is 0 Å². The monoisotopic (exact) mass is 358 g/mol. The van der Waals surface area contributed by atoms with Crippen LogP contribution in [-0.4, -0.2) is 9.97 Å². The lowest BCUT2D eigenvalue weighted by Crippen LogP contribution is -1.98. The second-order valence-corrected chi connectivity index (χ2v) is 5.99. The van der Waals surface area contributed by atoms with Gasteiger partial charge in [-0.25, -0.2) is 9.97 Å². The number of ether oxygens (including phenoxy) is 2. The number of nitrogens with zero attached hydrogens (tertiary/aromatic N) is 2. The van der Waals surface area contributed by atoms with E-state index >= 15 is 0 Å². The molecular formula is C21H18N4O2. The summed E-state index contributed by atoms with van der Waals surface area (Å²) in [4.78, 5) is 8.22. The van der Waals surface area contributed by atoms with Crippen LogP contribution >= 0.6 is 0 Å². The highest BCUT2D eigenvalue weighted by Crippen LogP contribution is 2.32. The molecule has 4 rings (SSSR count). The van der Waals surface area contributed by atoms with Gasteiger partial charge in [-0.05, 0) is 42.0 Å². The number of benzene rings is 3. The molecule has 0 fully saturated rings. The minimum atomic E-state index is 0.172. The highest BCUT2D eigenvalue weighted by atomic mass is 16.5. The topological polar surface area (TPSA) is 96.3 Å². The first-order chi connectivity index (χ1) is 13.2. The van der Waals surface area contributed by atoms with Gasteiger partial charge >= 0.3 is 0 Å². The summed E-state index contributed by atoms with van der Waals surface area (Å²) in [5.74, 6) is 2.22. The summed E-state index contributed by atoms with van der Waals surface area (Å²) in [5, 5.41) is 0.702. The Balaban J connectivity index is 1.50. The number of nitrogen functional groups attached to an aromatic ring is 2. The summed E-state index contributed by atoms with van der Waals surface area (Å²) >= 11 is 0. The molecule has 1 aromatic heterocycles. The Bertz CT molecular complexity index is 1070. The Morgan fingerprint density at radius 2 is 1.56 bits per heavy atom. The zero-order valence-corrected chi connectivity index (χ0v) is 14.5. The smallest absolute Gasteiger partial charge is 0.220 e. The molecule has 0 saturated carbocycles. The fraction of sp³-hybridized carbons (Fsp3) is 0.0476. The minimum absolute atomic E-state index is 0.172. The molecule has 0 aliphatic carbocycles. The lowest BCUT2D eigenvalue weighted by Gasteiger charge is -2.11. The van der Waals surface area contributed by atoms with Gasteiger partial charge in [0.05, 0.1) is 11.1 Å². The quantitative estimate of drug-likeness (QED) is 0.520. The fourth-order valence-corrected chi connectivity index (χ4v) is 2.69. The van der Waals surface area contributed by atoms with Crippen molar-refractivity contribution in [2.24, 2.45) is 0 Å². The van der Waals surface area contributed by atoms with E-state index in [4.69, 9.17) is 20.9 Å². The molecule has 0 bridgehead atoms. The summed E-state index contributed by atoms with van der Waals surface area (Å²) < 4.78 is 11.8. The molecule has 0 unspecified atom stereocenters. The third kappa shape index (κ3) is 3.74. The van der Waals surface area contributed by atoms with Crippen molar-refractivity contribution >= 4 is 22.5 Å². The van der Waals surface area contributed by atoms with Crippen molar-refractivity contribution in [2.45, 2.75) is 6.61 Å². The highest BCUT2D eigenvalue weighted by molar-refractivity contribution is 5.94. The number of rotatable bonds is 5. The Morgan fingerprint density at radius 3 is 2.33 bits per heavy atom. The van der Waals surface area contributed by atoms with Crippen molar-refractivity contribution in [1.82, 2.24) is 9.97 Å². The van der Waals surface area contributed by atoms with Gasteiger partial charge in [0.2, 0.25) is 5.95 Å². The van der Waals surface area contributed by atoms with Gasteiger partial charge in [0.25, 0.3) is 0 Å². The molecule has 0 saturated heterocycles. The zero-order chi connectivity index (χ0) is 18.6. The van der Waals surface area contributed by atoms with E-state index in [1.165, 1.54) is 0 Å². The molecule has 27 heavy (non-hydrogen) atoms. The molecule has 1 heterocycles. The summed E-state index contributed by atoms with van der Waals surface area (Å²) in [5.41, 5.74) is 13.8. The van der Waals surface area contributed by atoms with Gasteiger partial charge in [-0.1, -0.05) is 30.3 Å². The van der Waals surface area contributed by atoms with Crippen LogP contribution in [0.15, 0.2) is 72.9 Å². The van der Waals surface area contributed by atoms with Crippen LogP contribution < -0.4 is 20.9 Å². The molecular weight excluding hydrogens is 340 g/mol. The lowest BCUT2D eigenvalue weighted by atomic mass is 10.2. The SMILES string of the molecule is Nc1ncc2c(Oc3ccc(OCc4ccccc4)cc3)ccc(N)c2n1. The normalized spacial score (nSPS) is 10.7. The van der Waals surface area contributed by atoms with E-state index < -0.39 is 0 Å². The summed E-state index contributed by atoms with van der Waals surface area (Å²) in [7, 11) is 0. The third-order valence-corrected chi connectivity index (χ3v) is 4.06. The fourth-order valence-electron chi connectivity index (χ4n) is 2.69. The molecule has 0 amide bonds. The van der Waals surface area contributed by atoms with Gasteiger partial charge in [-0.3, -0.25) is 0 Å². The Hall–Kier alpha value is -3.80. The maximum absolute atomic E-state index is 5.97. The standard InChI is InChI=1S/C21H18N4O2/c22-18-10-11-19(17-12-24-21(23)25-20(17)18)27-16-8-6-15(7-9-16)26-13-14-4-2-1-3-5-14/h1-12H,13,22H2,(H2,23,24,25). The Morgan fingerprint density at radius 1 is 0.815 bits per heavy atom. The molecule has 3 aromatic carbocycles. The molecule has 134 valence electrons. The van der Waals surface area contributed by atoms with Crippen LogP contribution in [-0.2, 0) is 6.61 Å². The van der Waals surface area contributed by atoms with Gasteiger partial charge in [0, 0.05) is 6.20 Å². The van der Waals surface area contributed by atoms with Crippen LogP contribution in [0.5, 0.6) is 17.2 Å². The van der Waals surface area contributed by atoms with E-state index in [0.29, 0.717) is 34.7 Å². The Kier molecular flexibility index (Phi) is 4.45. The van der Waals surface area contributed by atoms with Gasteiger partial charge in [-0.2, -0.15) is 0 Å². The van der Waals surface area contributed by atoms with E-state index in [0.717, 1.165) is 11.3 Å². The number of aromatic nitrogens is 2. The molecule has 4 aromatic rings. The van der Waals surface area contributed by atoms with Crippen molar-refractivity contribution in [3.05, 3.63) is 78.5 Å². The largest absolute Gasteiger partial charge is 0.489 e. The maximum Gasteiger partial charge on any atom is 0.220 e. The van der Waals surface area contributed by atoms with E-state index in [1.54, 1.807) is 18.3 Å². The van der Waals surface area contributed by atoms with Gasteiger partial charge in [-0.15, -0.1) is 0 Å². The summed E-state index contributed by atoms with van der Waals surface area (Å²) in [6.45, 7) is 0.516.